The third-order valence-electron chi connectivity index (χ3n) is 3.53. The number of aromatic nitrogens is 3. The van der Waals surface area contributed by atoms with Crippen molar-refractivity contribution in [3.8, 4) is 0 Å². The number of nitrogens with zero attached hydrogens (tertiary/aromatic N) is 3. The van der Waals surface area contributed by atoms with Gasteiger partial charge in [0.05, 0.1) is 6.10 Å². The second-order valence-electron chi connectivity index (χ2n) is 4.96. The van der Waals surface area contributed by atoms with Crippen LogP contribution in [0.4, 0.5) is 5.95 Å². The summed E-state index contributed by atoms with van der Waals surface area (Å²) in [5.74, 6) is 0.711. The molecule has 0 radical (unpaired) electrons. The molecular weight excluding hydrogens is 228 g/mol. The molecule has 1 fully saturated rings. The number of hydrogen-bond acceptors (Lipinski definition) is 4. The van der Waals surface area contributed by atoms with Crippen molar-refractivity contribution in [2.75, 3.05) is 12.4 Å². The number of rotatable bonds is 3. The maximum Gasteiger partial charge on any atom is 0.243 e. The van der Waals surface area contributed by atoms with Crippen LogP contribution in [-0.4, -0.2) is 33.9 Å². The van der Waals surface area contributed by atoms with Gasteiger partial charge >= 0.3 is 0 Å². The van der Waals surface area contributed by atoms with Gasteiger partial charge in [0.15, 0.2) is 5.65 Å². The second kappa shape index (κ2) is 4.57. The number of methoxy groups -OCH3 is 1. The maximum atomic E-state index is 5.37. The molecule has 5 heteroatoms. The zero-order chi connectivity index (χ0) is 12.5. The topological polar surface area (TPSA) is 51.5 Å². The fraction of sp³-hybridized carbons (Fsp3) is 0.538. The van der Waals surface area contributed by atoms with E-state index in [-0.39, 0.29) is 0 Å². The van der Waals surface area contributed by atoms with Crippen LogP contribution >= 0.6 is 0 Å². The summed E-state index contributed by atoms with van der Waals surface area (Å²) in [6.45, 7) is 2.05. The largest absolute Gasteiger partial charge is 0.381 e. The average Bonchev–Trinajstić information content (AvgIpc) is 2.95. The summed E-state index contributed by atoms with van der Waals surface area (Å²) in [4.78, 5) is 4.47. The molecule has 0 amide bonds. The molecule has 1 aliphatic carbocycles. The Morgan fingerprint density at radius 1 is 1.39 bits per heavy atom. The van der Waals surface area contributed by atoms with Crippen LogP contribution in [0.3, 0.4) is 0 Å². The van der Waals surface area contributed by atoms with Gasteiger partial charge in [-0.15, -0.1) is 5.10 Å². The Bertz CT molecular complexity index is 551. The molecule has 0 saturated heterocycles. The van der Waals surface area contributed by atoms with E-state index in [0.29, 0.717) is 18.1 Å². The van der Waals surface area contributed by atoms with E-state index in [1.807, 2.05) is 29.8 Å². The molecule has 0 bridgehead atoms. The van der Waals surface area contributed by atoms with Crippen LogP contribution in [0.25, 0.3) is 5.65 Å². The lowest BCUT2D eigenvalue weighted by atomic mass is 10.2. The number of anilines is 1. The molecule has 0 aromatic carbocycles. The van der Waals surface area contributed by atoms with Gasteiger partial charge in [-0.25, -0.2) is 4.52 Å². The van der Waals surface area contributed by atoms with Gasteiger partial charge in [-0.1, -0.05) is 6.07 Å². The molecule has 2 heterocycles. The first-order chi connectivity index (χ1) is 8.74. The van der Waals surface area contributed by atoms with Crippen LogP contribution in [0.1, 0.15) is 24.8 Å². The molecule has 1 saturated carbocycles. The zero-order valence-electron chi connectivity index (χ0n) is 10.8. The summed E-state index contributed by atoms with van der Waals surface area (Å²) in [6.07, 6.45) is 5.63. The van der Waals surface area contributed by atoms with Crippen molar-refractivity contribution < 1.29 is 4.74 Å². The van der Waals surface area contributed by atoms with Crippen LogP contribution in [0.15, 0.2) is 18.3 Å². The predicted octanol–water partition coefficient (Wildman–Crippen LogP) is 2.02. The van der Waals surface area contributed by atoms with E-state index in [2.05, 4.69) is 15.4 Å². The van der Waals surface area contributed by atoms with Gasteiger partial charge in [-0.05, 0) is 37.8 Å². The van der Waals surface area contributed by atoms with Crippen molar-refractivity contribution in [1.29, 1.82) is 0 Å². The van der Waals surface area contributed by atoms with Gasteiger partial charge in [-0.2, -0.15) is 4.98 Å². The van der Waals surface area contributed by atoms with Crippen LogP contribution in [0.5, 0.6) is 0 Å². The van der Waals surface area contributed by atoms with E-state index in [1.165, 1.54) is 5.56 Å². The lowest BCUT2D eigenvalue weighted by Gasteiger charge is -2.10. The summed E-state index contributed by atoms with van der Waals surface area (Å²) in [5, 5.41) is 7.83. The number of fused-ring (bicyclic) bond motifs is 1. The highest BCUT2D eigenvalue weighted by Crippen LogP contribution is 2.23. The maximum absolute atomic E-state index is 5.37. The van der Waals surface area contributed by atoms with E-state index in [9.17, 15) is 0 Å². The number of nitrogens with one attached hydrogen (secondary N) is 1. The minimum absolute atomic E-state index is 0.377. The molecule has 0 aliphatic heterocycles. The Kier molecular flexibility index (Phi) is 2.91. The van der Waals surface area contributed by atoms with Crippen LogP contribution < -0.4 is 5.32 Å². The average molecular weight is 246 g/mol. The van der Waals surface area contributed by atoms with Crippen LogP contribution in [0, 0.1) is 6.92 Å². The molecule has 1 aliphatic rings. The summed E-state index contributed by atoms with van der Waals surface area (Å²) < 4.78 is 7.19. The standard InChI is InChI=1S/C13H18N4O/c1-9-3-6-12-15-13(16-17(12)8-9)14-10-4-5-11(7-10)18-2/h3,6,8,10-11H,4-5,7H2,1-2H3,(H,14,16). The summed E-state index contributed by atoms with van der Waals surface area (Å²) in [5.41, 5.74) is 2.06. The normalized spacial score (nSPS) is 23.7. The Morgan fingerprint density at radius 3 is 3.06 bits per heavy atom. The SMILES string of the molecule is COC1CCC(Nc2nc3ccc(C)cn3n2)C1. The first kappa shape index (κ1) is 11.5. The van der Waals surface area contributed by atoms with E-state index >= 15 is 0 Å². The van der Waals surface area contributed by atoms with Gasteiger partial charge in [0, 0.05) is 19.3 Å². The molecule has 5 nitrogen and oxygen atoms in total. The fourth-order valence-electron chi connectivity index (χ4n) is 2.51. The summed E-state index contributed by atoms with van der Waals surface area (Å²) >= 11 is 0. The van der Waals surface area contributed by atoms with E-state index < -0.39 is 0 Å². The monoisotopic (exact) mass is 246 g/mol. The van der Waals surface area contributed by atoms with Gasteiger partial charge < -0.3 is 10.1 Å². The smallest absolute Gasteiger partial charge is 0.243 e. The minimum atomic E-state index is 0.377. The first-order valence-corrected chi connectivity index (χ1v) is 6.37. The van der Waals surface area contributed by atoms with Crippen molar-refractivity contribution >= 4 is 11.6 Å². The van der Waals surface area contributed by atoms with E-state index in [1.54, 1.807) is 7.11 Å². The van der Waals surface area contributed by atoms with Crippen LogP contribution in [-0.2, 0) is 4.74 Å². The molecule has 2 atom stereocenters. The lowest BCUT2D eigenvalue weighted by molar-refractivity contribution is 0.108. The highest BCUT2D eigenvalue weighted by molar-refractivity contribution is 5.44. The molecule has 1 N–H and O–H groups in total. The molecule has 2 unspecified atom stereocenters. The Balaban J connectivity index is 1.75. The van der Waals surface area contributed by atoms with Crippen molar-refractivity contribution in [2.24, 2.45) is 0 Å². The highest BCUT2D eigenvalue weighted by atomic mass is 16.5. The van der Waals surface area contributed by atoms with E-state index in [0.717, 1.165) is 24.9 Å². The van der Waals surface area contributed by atoms with Crippen molar-refractivity contribution in [1.82, 2.24) is 14.6 Å². The van der Waals surface area contributed by atoms with Gasteiger partial charge in [-0.3, -0.25) is 0 Å². The summed E-state index contributed by atoms with van der Waals surface area (Å²) in [6, 6.07) is 4.46. The molecule has 3 rings (SSSR count). The number of aryl methyl sites for hydroxylation is 1. The van der Waals surface area contributed by atoms with Gasteiger partial charge in [0.2, 0.25) is 5.95 Å². The van der Waals surface area contributed by atoms with Gasteiger partial charge in [0.25, 0.3) is 0 Å². The zero-order valence-corrected chi connectivity index (χ0v) is 10.8. The lowest BCUT2D eigenvalue weighted by Crippen LogP contribution is -2.18. The van der Waals surface area contributed by atoms with Gasteiger partial charge in [0.1, 0.15) is 0 Å². The fourth-order valence-corrected chi connectivity index (χ4v) is 2.51. The molecule has 2 aromatic heterocycles. The summed E-state index contributed by atoms with van der Waals surface area (Å²) in [7, 11) is 1.78. The molecule has 96 valence electrons. The molecule has 2 aromatic rings. The van der Waals surface area contributed by atoms with Crippen LogP contribution in [0.2, 0.25) is 0 Å². The van der Waals surface area contributed by atoms with Crippen molar-refractivity contribution in [2.45, 2.75) is 38.3 Å². The number of pyridine rings is 1. The quantitative estimate of drug-likeness (QED) is 0.900. The van der Waals surface area contributed by atoms with Crippen molar-refractivity contribution in [3.63, 3.8) is 0 Å². The Hall–Kier alpha value is -1.62. The number of ether oxygens (including phenoxy) is 1. The third-order valence-corrected chi connectivity index (χ3v) is 3.53. The predicted molar refractivity (Wildman–Crippen MR) is 69.8 cm³/mol. The van der Waals surface area contributed by atoms with E-state index in [4.69, 9.17) is 4.74 Å². The minimum Gasteiger partial charge on any atom is -0.381 e. The Morgan fingerprint density at radius 2 is 2.28 bits per heavy atom. The Labute approximate surface area is 106 Å². The highest BCUT2D eigenvalue weighted by Gasteiger charge is 2.25. The third kappa shape index (κ3) is 2.18. The molecular formula is C13H18N4O. The molecule has 0 spiro atoms. The first-order valence-electron chi connectivity index (χ1n) is 6.37. The molecule has 18 heavy (non-hydrogen) atoms. The van der Waals surface area contributed by atoms with Crippen molar-refractivity contribution in [3.05, 3.63) is 23.9 Å². The number of hydrogen-bond donors (Lipinski definition) is 1. The second-order valence-corrected chi connectivity index (χ2v) is 4.96.